The lowest BCUT2D eigenvalue weighted by molar-refractivity contribution is 0.488. The zero-order valence-electron chi connectivity index (χ0n) is 4.97. The molecule has 0 amide bonds. The maximum Gasteiger partial charge on any atom is 0.174 e. The van der Waals surface area contributed by atoms with Gasteiger partial charge in [0.2, 0.25) is 0 Å². The minimum atomic E-state index is -1.21. The predicted octanol–water partition coefficient (Wildman–Crippen LogP) is 3.63. The van der Waals surface area contributed by atoms with E-state index in [-0.39, 0.29) is 8.95 Å². The highest BCUT2D eigenvalue weighted by Gasteiger charge is 2.14. The molecule has 60 valence electrons. The zero-order valence-corrected chi connectivity index (χ0v) is 8.14. The van der Waals surface area contributed by atoms with Crippen molar-refractivity contribution in [1.29, 1.82) is 0 Å². The molecule has 1 rings (SSSR count). The summed E-state index contributed by atoms with van der Waals surface area (Å²) in [6.45, 7) is 0. The number of halogens is 5. The Morgan fingerprint density at radius 2 is 1.45 bits per heavy atom. The molecule has 0 fully saturated rings. The van der Waals surface area contributed by atoms with Crippen molar-refractivity contribution in [3.05, 3.63) is 32.5 Å². The van der Waals surface area contributed by atoms with E-state index in [9.17, 15) is 13.2 Å². The summed E-state index contributed by atoms with van der Waals surface area (Å²) in [6.07, 6.45) is 0. The largest absolute Gasteiger partial charge is 0.206 e. The SMILES string of the molecule is Fc1cc(F)c(Br)c(Br)c1F. The molecule has 0 aliphatic carbocycles. The molecule has 0 saturated carbocycles. The quantitative estimate of drug-likeness (QED) is 0.505. The molecule has 11 heavy (non-hydrogen) atoms. The van der Waals surface area contributed by atoms with Crippen molar-refractivity contribution in [2.45, 2.75) is 0 Å². The molecule has 0 aromatic heterocycles. The molecule has 1 aromatic rings. The molecule has 0 bridgehead atoms. The van der Waals surface area contributed by atoms with Crippen molar-refractivity contribution in [2.24, 2.45) is 0 Å². The standard InChI is InChI=1S/C6HBr2F3/c7-4-2(9)1-3(10)6(11)5(4)8/h1H. The second kappa shape index (κ2) is 3.15. The summed E-state index contributed by atoms with van der Waals surface area (Å²) in [5.41, 5.74) is 0. The van der Waals surface area contributed by atoms with Gasteiger partial charge in [0, 0.05) is 6.07 Å². The van der Waals surface area contributed by atoms with Crippen LogP contribution < -0.4 is 0 Å². The topological polar surface area (TPSA) is 0 Å². The first kappa shape index (κ1) is 9.06. The van der Waals surface area contributed by atoms with E-state index in [4.69, 9.17) is 0 Å². The molecule has 0 aliphatic rings. The zero-order chi connectivity index (χ0) is 8.59. The fourth-order valence-corrected chi connectivity index (χ4v) is 1.21. The van der Waals surface area contributed by atoms with E-state index in [1.165, 1.54) is 0 Å². The van der Waals surface area contributed by atoms with Crippen molar-refractivity contribution in [3.63, 3.8) is 0 Å². The van der Waals surface area contributed by atoms with Crippen LogP contribution in [0.25, 0.3) is 0 Å². The summed E-state index contributed by atoms with van der Waals surface area (Å²) in [7, 11) is 0. The van der Waals surface area contributed by atoms with Gasteiger partial charge < -0.3 is 0 Å². The van der Waals surface area contributed by atoms with Gasteiger partial charge >= 0.3 is 0 Å². The van der Waals surface area contributed by atoms with Gasteiger partial charge in [-0.15, -0.1) is 0 Å². The third-order valence-corrected chi connectivity index (χ3v) is 3.11. The van der Waals surface area contributed by atoms with Gasteiger partial charge in [-0.25, -0.2) is 13.2 Å². The van der Waals surface area contributed by atoms with Gasteiger partial charge in [0.25, 0.3) is 0 Å². The molecule has 0 heterocycles. The molecule has 0 spiro atoms. The van der Waals surface area contributed by atoms with E-state index >= 15 is 0 Å². The van der Waals surface area contributed by atoms with Gasteiger partial charge in [0.1, 0.15) is 5.82 Å². The van der Waals surface area contributed by atoms with E-state index in [0.29, 0.717) is 6.07 Å². The Hall–Kier alpha value is -0.0300. The molecule has 0 radical (unpaired) electrons. The van der Waals surface area contributed by atoms with Crippen molar-refractivity contribution < 1.29 is 13.2 Å². The van der Waals surface area contributed by atoms with Gasteiger partial charge in [0.15, 0.2) is 11.6 Å². The minimum absolute atomic E-state index is 0.114. The first-order chi connectivity index (χ1) is 5.04. The molecule has 5 heteroatoms. The normalized spacial score (nSPS) is 10.3. The average molecular weight is 290 g/mol. The molecular formula is C6HBr2F3. The summed E-state index contributed by atoms with van der Waals surface area (Å²) >= 11 is 5.41. The van der Waals surface area contributed by atoms with Crippen LogP contribution in [-0.4, -0.2) is 0 Å². The van der Waals surface area contributed by atoms with Crippen molar-refractivity contribution in [3.8, 4) is 0 Å². The lowest BCUT2D eigenvalue weighted by atomic mass is 10.3. The van der Waals surface area contributed by atoms with Gasteiger partial charge in [-0.3, -0.25) is 0 Å². The lowest BCUT2D eigenvalue weighted by Gasteiger charge is -1.99. The summed E-state index contributed by atoms with van der Waals surface area (Å²) in [5.74, 6) is -3.15. The van der Waals surface area contributed by atoms with Crippen LogP contribution in [0.1, 0.15) is 0 Å². The number of benzene rings is 1. The molecule has 0 unspecified atom stereocenters. The third-order valence-electron chi connectivity index (χ3n) is 1.06. The molecule has 1 aromatic carbocycles. The predicted molar refractivity (Wildman–Crippen MR) is 41.7 cm³/mol. The maximum atomic E-state index is 12.6. The fraction of sp³-hybridized carbons (Fsp3) is 0. The van der Waals surface area contributed by atoms with Crippen molar-refractivity contribution in [2.75, 3.05) is 0 Å². The molecular weight excluding hydrogens is 289 g/mol. The van der Waals surface area contributed by atoms with E-state index in [2.05, 4.69) is 31.9 Å². The van der Waals surface area contributed by atoms with Gasteiger partial charge in [-0.2, -0.15) is 0 Å². The Morgan fingerprint density at radius 3 is 2.00 bits per heavy atom. The highest BCUT2D eigenvalue weighted by atomic mass is 79.9. The molecule has 0 saturated heterocycles. The van der Waals surface area contributed by atoms with Gasteiger partial charge in [0.05, 0.1) is 8.95 Å². The third kappa shape index (κ3) is 1.59. The van der Waals surface area contributed by atoms with Crippen LogP contribution in [-0.2, 0) is 0 Å². The molecule has 0 nitrogen and oxygen atoms in total. The molecule has 0 N–H and O–H groups in total. The highest BCUT2D eigenvalue weighted by molar-refractivity contribution is 9.13. The van der Waals surface area contributed by atoms with Crippen molar-refractivity contribution >= 4 is 31.9 Å². The fourth-order valence-electron chi connectivity index (χ4n) is 0.544. The van der Waals surface area contributed by atoms with Gasteiger partial charge in [-0.1, -0.05) is 0 Å². The van der Waals surface area contributed by atoms with Crippen molar-refractivity contribution in [1.82, 2.24) is 0 Å². The van der Waals surface area contributed by atoms with E-state index in [0.717, 1.165) is 0 Å². The summed E-state index contributed by atoms with van der Waals surface area (Å²) in [6, 6.07) is 0.476. The monoisotopic (exact) mass is 288 g/mol. The van der Waals surface area contributed by atoms with Crippen LogP contribution in [0.4, 0.5) is 13.2 Å². The van der Waals surface area contributed by atoms with E-state index in [1.54, 1.807) is 0 Å². The lowest BCUT2D eigenvalue weighted by Crippen LogP contribution is -1.90. The molecule has 0 atom stereocenters. The minimum Gasteiger partial charge on any atom is -0.206 e. The Bertz CT molecular complexity index is 272. The van der Waals surface area contributed by atoms with E-state index in [1.807, 2.05) is 0 Å². The maximum absolute atomic E-state index is 12.6. The Morgan fingerprint density at radius 1 is 0.909 bits per heavy atom. The second-order valence-corrected chi connectivity index (χ2v) is 3.37. The smallest absolute Gasteiger partial charge is 0.174 e. The first-order valence-corrected chi connectivity index (χ1v) is 4.11. The van der Waals surface area contributed by atoms with E-state index < -0.39 is 17.5 Å². The van der Waals surface area contributed by atoms with Crippen LogP contribution in [0.3, 0.4) is 0 Å². The number of hydrogen-bond donors (Lipinski definition) is 0. The summed E-state index contributed by atoms with van der Waals surface area (Å²) in [4.78, 5) is 0. The summed E-state index contributed by atoms with van der Waals surface area (Å²) < 4.78 is 37.1. The Kier molecular flexibility index (Phi) is 2.59. The van der Waals surface area contributed by atoms with Crippen LogP contribution in [0.5, 0.6) is 0 Å². The van der Waals surface area contributed by atoms with Crippen LogP contribution in [0, 0.1) is 17.5 Å². The van der Waals surface area contributed by atoms with Crippen LogP contribution >= 0.6 is 31.9 Å². The highest BCUT2D eigenvalue weighted by Crippen LogP contribution is 2.29. The first-order valence-electron chi connectivity index (χ1n) is 2.52. The summed E-state index contributed by atoms with van der Waals surface area (Å²) in [5, 5.41) is 0. The number of hydrogen-bond acceptors (Lipinski definition) is 0. The van der Waals surface area contributed by atoms with Crippen LogP contribution in [0.2, 0.25) is 0 Å². The number of rotatable bonds is 0. The molecule has 0 aliphatic heterocycles. The second-order valence-electron chi connectivity index (χ2n) is 1.78. The Balaban J connectivity index is 3.46. The Labute approximate surface area is 77.7 Å². The van der Waals surface area contributed by atoms with Crippen LogP contribution in [0.15, 0.2) is 15.0 Å². The average Bonchev–Trinajstić information content (AvgIpc) is 1.97. The van der Waals surface area contributed by atoms with Gasteiger partial charge in [-0.05, 0) is 31.9 Å².